The first-order chi connectivity index (χ1) is 11.9. The fourth-order valence-electron chi connectivity index (χ4n) is 4.13. The number of nitrogens with one attached hydrogen (secondary N) is 2. The number of sulfonamides is 1. The molecular weight excluding hydrogens is 463 g/mol. The van der Waals surface area contributed by atoms with E-state index in [0.717, 1.165) is 31.1 Å². The monoisotopic (exact) mass is 500 g/mol. The Morgan fingerprint density at radius 2 is 1.88 bits per heavy atom. The Labute approximate surface area is 177 Å². The van der Waals surface area contributed by atoms with Crippen molar-refractivity contribution >= 4 is 40.0 Å². The van der Waals surface area contributed by atoms with Gasteiger partial charge in [-0.25, -0.2) is 8.42 Å². The lowest BCUT2D eigenvalue weighted by atomic mass is 9.85. The van der Waals surface area contributed by atoms with Gasteiger partial charge >= 0.3 is 0 Å². The average Bonchev–Trinajstić information content (AvgIpc) is 3.06. The molecule has 2 fully saturated rings. The molecule has 154 valence electrons. The Morgan fingerprint density at radius 1 is 1.19 bits per heavy atom. The van der Waals surface area contributed by atoms with Gasteiger partial charge < -0.3 is 10.6 Å². The van der Waals surface area contributed by atoms with Crippen LogP contribution in [0, 0.1) is 5.92 Å². The molecule has 0 spiro atoms. The molecule has 1 heterocycles. The summed E-state index contributed by atoms with van der Waals surface area (Å²) in [4.78, 5) is 4.30. The molecule has 6 nitrogen and oxygen atoms in total. The average molecular weight is 500 g/mol. The van der Waals surface area contributed by atoms with Crippen molar-refractivity contribution in [3.05, 3.63) is 0 Å². The SMILES string of the molecule is CN=C(NC[C@H]1CCCN1S(C)(=O)=O)NC(C)CCC1CCCCC1.I. The zero-order valence-electron chi connectivity index (χ0n) is 16.5. The number of aliphatic imine (C=N–C) groups is 1. The molecule has 0 aromatic carbocycles. The van der Waals surface area contributed by atoms with E-state index in [4.69, 9.17) is 0 Å². The molecule has 0 aromatic rings. The highest BCUT2D eigenvalue weighted by Crippen LogP contribution is 2.27. The van der Waals surface area contributed by atoms with Gasteiger partial charge in [0.2, 0.25) is 10.0 Å². The Kier molecular flexibility index (Phi) is 10.8. The van der Waals surface area contributed by atoms with Crippen LogP contribution in [0.4, 0.5) is 0 Å². The third-order valence-electron chi connectivity index (χ3n) is 5.59. The largest absolute Gasteiger partial charge is 0.355 e. The summed E-state index contributed by atoms with van der Waals surface area (Å²) in [5.74, 6) is 1.67. The van der Waals surface area contributed by atoms with Gasteiger partial charge in [-0.2, -0.15) is 4.31 Å². The van der Waals surface area contributed by atoms with E-state index in [2.05, 4.69) is 22.5 Å². The second kappa shape index (κ2) is 11.7. The van der Waals surface area contributed by atoms with Gasteiger partial charge in [0.15, 0.2) is 5.96 Å². The number of nitrogens with zero attached hydrogens (tertiary/aromatic N) is 2. The van der Waals surface area contributed by atoms with Crippen LogP contribution in [0.15, 0.2) is 4.99 Å². The highest BCUT2D eigenvalue weighted by atomic mass is 127. The number of rotatable bonds is 7. The lowest BCUT2D eigenvalue weighted by Gasteiger charge is -2.26. The third kappa shape index (κ3) is 7.88. The smallest absolute Gasteiger partial charge is 0.211 e. The minimum Gasteiger partial charge on any atom is -0.355 e. The van der Waals surface area contributed by atoms with E-state index in [1.807, 2.05) is 0 Å². The molecule has 2 atom stereocenters. The van der Waals surface area contributed by atoms with Crippen molar-refractivity contribution in [3.8, 4) is 0 Å². The molecule has 2 aliphatic rings. The predicted molar refractivity (Wildman–Crippen MR) is 120 cm³/mol. The molecule has 8 heteroatoms. The van der Waals surface area contributed by atoms with E-state index < -0.39 is 10.0 Å². The van der Waals surface area contributed by atoms with Crippen LogP contribution < -0.4 is 10.6 Å². The molecule has 1 saturated carbocycles. The quantitative estimate of drug-likeness (QED) is 0.320. The van der Waals surface area contributed by atoms with Crippen LogP contribution in [0.1, 0.15) is 64.7 Å². The molecule has 0 radical (unpaired) electrons. The lowest BCUT2D eigenvalue weighted by molar-refractivity contribution is 0.322. The van der Waals surface area contributed by atoms with Crippen LogP contribution >= 0.6 is 24.0 Å². The molecule has 2 N–H and O–H groups in total. The zero-order chi connectivity index (χ0) is 18.3. The molecule has 26 heavy (non-hydrogen) atoms. The Hall–Kier alpha value is -0.0900. The van der Waals surface area contributed by atoms with Gasteiger partial charge in [-0.05, 0) is 38.5 Å². The highest BCUT2D eigenvalue weighted by molar-refractivity contribution is 14.0. The van der Waals surface area contributed by atoms with E-state index >= 15 is 0 Å². The maximum absolute atomic E-state index is 11.8. The second-order valence-electron chi connectivity index (χ2n) is 7.75. The van der Waals surface area contributed by atoms with E-state index in [1.54, 1.807) is 11.4 Å². The molecule has 1 aliphatic carbocycles. The van der Waals surface area contributed by atoms with Crippen LogP contribution in [0.2, 0.25) is 0 Å². The van der Waals surface area contributed by atoms with Gasteiger partial charge in [-0.3, -0.25) is 4.99 Å². The first-order valence-corrected chi connectivity index (χ1v) is 11.7. The van der Waals surface area contributed by atoms with Crippen LogP contribution in [-0.4, -0.2) is 57.2 Å². The Balaban J connectivity index is 0.00000338. The van der Waals surface area contributed by atoms with E-state index in [1.165, 1.54) is 44.8 Å². The van der Waals surface area contributed by atoms with Gasteiger partial charge in [0.1, 0.15) is 0 Å². The van der Waals surface area contributed by atoms with Crippen molar-refractivity contribution in [1.29, 1.82) is 0 Å². The third-order valence-corrected chi connectivity index (χ3v) is 6.93. The van der Waals surface area contributed by atoms with E-state index in [0.29, 0.717) is 19.1 Å². The minimum absolute atomic E-state index is 0. The Bertz CT molecular complexity index is 535. The molecular formula is C18H37IN4O2S. The lowest BCUT2D eigenvalue weighted by Crippen LogP contribution is -2.48. The molecule has 1 aliphatic heterocycles. The summed E-state index contributed by atoms with van der Waals surface area (Å²) in [6, 6.07) is 0.411. The van der Waals surface area contributed by atoms with Gasteiger partial charge in [-0.15, -0.1) is 24.0 Å². The number of guanidine groups is 1. The van der Waals surface area contributed by atoms with Crippen LogP contribution in [0.3, 0.4) is 0 Å². The first-order valence-electron chi connectivity index (χ1n) is 9.84. The van der Waals surface area contributed by atoms with Crippen LogP contribution in [0.25, 0.3) is 0 Å². The van der Waals surface area contributed by atoms with Crippen molar-refractivity contribution in [2.24, 2.45) is 10.9 Å². The van der Waals surface area contributed by atoms with Crippen molar-refractivity contribution in [3.63, 3.8) is 0 Å². The second-order valence-corrected chi connectivity index (χ2v) is 9.68. The topological polar surface area (TPSA) is 73.8 Å². The normalized spacial score (nSPS) is 24.1. The van der Waals surface area contributed by atoms with Gasteiger partial charge in [0.05, 0.1) is 6.26 Å². The summed E-state index contributed by atoms with van der Waals surface area (Å²) in [5.41, 5.74) is 0. The van der Waals surface area contributed by atoms with Gasteiger partial charge in [0, 0.05) is 32.2 Å². The molecule has 1 saturated heterocycles. The van der Waals surface area contributed by atoms with Gasteiger partial charge in [0.25, 0.3) is 0 Å². The summed E-state index contributed by atoms with van der Waals surface area (Å²) < 4.78 is 25.3. The maximum Gasteiger partial charge on any atom is 0.211 e. The zero-order valence-corrected chi connectivity index (χ0v) is 19.7. The van der Waals surface area contributed by atoms with Crippen molar-refractivity contribution < 1.29 is 8.42 Å². The molecule has 0 bridgehead atoms. The molecule has 2 rings (SSSR count). The fraction of sp³-hybridized carbons (Fsp3) is 0.944. The Morgan fingerprint density at radius 3 is 2.50 bits per heavy atom. The minimum atomic E-state index is -3.12. The van der Waals surface area contributed by atoms with Crippen LogP contribution in [0.5, 0.6) is 0 Å². The fourth-order valence-corrected chi connectivity index (χ4v) is 5.31. The summed E-state index contributed by atoms with van der Waals surface area (Å²) >= 11 is 0. The van der Waals surface area contributed by atoms with E-state index in [-0.39, 0.29) is 30.0 Å². The summed E-state index contributed by atoms with van der Waals surface area (Å²) in [6.07, 6.45) is 12.6. The number of hydrogen-bond donors (Lipinski definition) is 2. The standard InChI is InChI=1S/C18H36N4O2S.HI/c1-15(11-12-16-8-5-4-6-9-16)21-18(19-2)20-14-17-10-7-13-22(17)25(3,23)24;/h15-17H,4-14H2,1-3H3,(H2,19,20,21);1H/t15?,17-;/m1./s1. The highest BCUT2D eigenvalue weighted by Gasteiger charge is 2.31. The number of halogens is 1. The van der Waals surface area contributed by atoms with Crippen LogP contribution in [-0.2, 0) is 10.0 Å². The molecule has 1 unspecified atom stereocenters. The maximum atomic E-state index is 11.8. The predicted octanol–water partition coefficient (Wildman–Crippen LogP) is 2.94. The van der Waals surface area contributed by atoms with E-state index in [9.17, 15) is 8.42 Å². The number of hydrogen-bond acceptors (Lipinski definition) is 3. The van der Waals surface area contributed by atoms with Gasteiger partial charge in [-0.1, -0.05) is 32.1 Å². The summed E-state index contributed by atoms with van der Waals surface area (Å²) in [7, 11) is -1.35. The van der Waals surface area contributed by atoms with Crippen molar-refractivity contribution in [2.45, 2.75) is 76.8 Å². The first kappa shape index (κ1) is 23.9. The molecule has 0 aromatic heterocycles. The van der Waals surface area contributed by atoms with Crippen molar-refractivity contribution in [2.75, 3.05) is 26.4 Å². The van der Waals surface area contributed by atoms with Crippen molar-refractivity contribution in [1.82, 2.24) is 14.9 Å². The molecule has 0 amide bonds. The summed E-state index contributed by atoms with van der Waals surface area (Å²) in [5, 5.41) is 6.77. The summed E-state index contributed by atoms with van der Waals surface area (Å²) in [6.45, 7) is 3.45.